The SMILES string of the molecule is COc1ccc(CNC(=O)[C@@H]2C[C@H](CN3CCN(C)CC3)CN(Cc3ccccc3)C2)cc1OC. The maximum absolute atomic E-state index is 13.3. The zero-order valence-electron chi connectivity index (χ0n) is 21.4. The van der Waals surface area contributed by atoms with Crippen LogP contribution in [0.3, 0.4) is 0 Å². The van der Waals surface area contributed by atoms with Crippen LogP contribution in [-0.4, -0.2) is 87.7 Å². The van der Waals surface area contributed by atoms with E-state index in [1.807, 2.05) is 18.2 Å². The van der Waals surface area contributed by atoms with Gasteiger partial charge < -0.3 is 24.6 Å². The molecule has 0 unspecified atom stereocenters. The molecule has 1 N–H and O–H groups in total. The van der Waals surface area contributed by atoms with E-state index in [1.54, 1.807) is 14.2 Å². The number of hydrogen-bond donors (Lipinski definition) is 1. The van der Waals surface area contributed by atoms with Crippen LogP contribution in [0.1, 0.15) is 17.5 Å². The predicted octanol–water partition coefficient (Wildman–Crippen LogP) is 2.71. The van der Waals surface area contributed by atoms with Crippen LogP contribution in [-0.2, 0) is 17.9 Å². The molecule has 7 heteroatoms. The zero-order valence-corrected chi connectivity index (χ0v) is 21.4. The Morgan fingerprint density at radius 1 is 0.914 bits per heavy atom. The quantitative estimate of drug-likeness (QED) is 0.596. The fourth-order valence-electron chi connectivity index (χ4n) is 5.32. The molecule has 2 aromatic rings. The first-order valence-electron chi connectivity index (χ1n) is 12.7. The standard InChI is InChI=1S/C28H40N4O3/c1-30-11-13-31(14-12-30)19-24-15-25(21-32(20-24)18-22-7-5-4-6-8-22)28(33)29-17-23-9-10-26(34-2)27(16-23)35-3/h4-10,16,24-25H,11-15,17-21H2,1-3H3,(H,29,33)/t24-,25-/m1/s1. The second kappa shape index (κ2) is 12.4. The third kappa shape index (κ3) is 7.19. The van der Waals surface area contributed by atoms with Crippen LogP contribution in [0.15, 0.2) is 48.5 Å². The van der Waals surface area contributed by atoms with Gasteiger partial charge in [-0.25, -0.2) is 0 Å². The number of carbonyl (C=O) groups is 1. The highest BCUT2D eigenvalue weighted by molar-refractivity contribution is 5.79. The normalized spacial score (nSPS) is 22.0. The monoisotopic (exact) mass is 480 g/mol. The number of hydrogen-bond acceptors (Lipinski definition) is 6. The number of rotatable bonds is 9. The molecule has 0 bridgehead atoms. The molecule has 2 aliphatic heterocycles. The summed E-state index contributed by atoms with van der Waals surface area (Å²) in [6, 6.07) is 16.4. The number of piperazine rings is 1. The van der Waals surface area contributed by atoms with Crippen molar-refractivity contribution in [3.63, 3.8) is 0 Å². The molecule has 190 valence electrons. The van der Waals surface area contributed by atoms with Crippen LogP contribution in [0.2, 0.25) is 0 Å². The molecule has 2 aromatic carbocycles. The molecule has 2 atom stereocenters. The fourth-order valence-corrected chi connectivity index (χ4v) is 5.32. The molecular formula is C28H40N4O3. The van der Waals surface area contributed by atoms with Crippen LogP contribution in [0, 0.1) is 11.8 Å². The van der Waals surface area contributed by atoms with Crippen LogP contribution in [0.4, 0.5) is 0 Å². The zero-order chi connectivity index (χ0) is 24.6. The summed E-state index contributed by atoms with van der Waals surface area (Å²) in [5.41, 5.74) is 2.30. The summed E-state index contributed by atoms with van der Waals surface area (Å²) in [4.78, 5) is 20.8. The molecule has 0 aromatic heterocycles. The van der Waals surface area contributed by atoms with Gasteiger partial charge in [0.15, 0.2) is 11.5 Å². The van der Waals surface area contributed by atoms with E-state index in [0.29, 0.717) is 24.0 Å². The van der Waals surface area contributed by atoms with Crippen LogP contribution < -0.4 is 14.8 Å². The molecule has 0 aliphatic carbocycles. The second-order valence-electron chi connectivity index (χ2n) is 9.99. The number of likely N-dealkylation sites (N-methyl/N-ethyl adjacent to an activating group) is 1. The lowest BCUT2D eigenvalue weighted by Gasteiger charge is -2.41. The van der Waals surface area contributed by atoms with E-state index in [9.17, 15) is 4.79 Å². The van der Waals surface area contributed by atoms with Crippen molar-refractivity contribution in [2.24, 2.45) is 11.8 Å². The van der Waals surface area contributed by atoms with Crippen LogP contribution in [0.5, 0.6) is 11.5 Å². The Morgan fingerprint density at radius 2 is 1.66 bits per heavy atom. The van der Waals surface area contributed by atoms with Gasteiger partial charge in [0.05, 0.1) is 20.1 Å². The van der Waals surface area contributed by atoms with Gasteiger partial charge in [-0.05, 0) is 42.6 Å². The molecule has 2 heterocycles. The summed E-state index contributed by atoms with van der Waals surface area (Å²) in [6.07, 6.45) is 0.940. The maximum Gasteiger partial charge on any atom is 0.224 e. The van der Waals surface area contributed by atoms with Crippen molar-refractivity contribution in [1.82, 2.24) is 20.0 Å². The average molecular weight is 481 g/mol. The van der Waals surface area contributed by atoms with Crippen LogP contribution in [0.25, 0.3) is 0 Å². The number of ether oxygens (including phenoxy) is 2. The maximum atomic E-state index is 13.3. The summed E-state index contributed by atoms with van der Waals surface area (Å²) in [6.45, 7) is 8.75. The van der Waals surface area contributed by atoms with Gasteiger partial charge in [-0.1, -0.05) is 36.4 Å². The van der Waals surface area contributed by atoms with Crippen molar-refractivity contribution in [3.05, 3.63) is 59.7 Å². The van der Waals surface area contributed by atoms with Crippen molar-refractivity contribution in [2.75, 3.05) is 67.1 Å². The first-order chi connectivity index (χ1) is 17.0. The number of amides is 1. The first-order valence-corrected chi connectivity index (χ1v) is 12.7. The Balaban J connectivity index is 1.39. The molecule has 35 heavy (non-hydrogen) atoms. The van der Waals surface area contributed by atoms with E-state index >= 15 is 0 Å². The van der Waals surface area contributed by atoms with Gasteiger partial charge in [-0.3, -0.25) is 9.69 Å². The molecule has 2 aliphatic rings. The number of nitrogens with one attached hydrogen (secondary N) is 1. The van der Waals surface area contributed by atoms with Crippen LogP contribution >= 0.6 is 0 Å². The first kappa shape index (κ1) is 25.5. The highest BCUT2D eigenvalue weighted by Gasteiger charge is 2.33. The lowest BCUT2D eigenvalue weighted by Crippen LogP contribution is -2.51. The van der Waals surface area contributed by atoms with Crippen molar-refractivity contribution < 1.29 is 14.3 Å². The molecule has 4 rings (SSSR count). The lowest BCUT2D eigenvalue weighted by molar-refractivity contribution is -0.128. The van der Waals surface area contributed by atoms with E-state index in [-0.39, 0.29) is 11.8 Å². The number of benzene rings is 2. The molecule has 1 amide bonds. The Hall–Kier alpha value is -2.61. The third-order valence-corrected chi connectivity index (χ3v) is 7.26. The minimum atomic E-state index is -0.00919. The Labute approximate surface area is 210 Å². The predicted molar refractivity (Wildman–Crippen MR) is 139 cm³/mol. The van der Waals surface area contributed by atoms with Gasteiger partial charge in [-0.2, -0.15) is 0 Å². The summed E-state index contributed by atoms with van der Waals surface area (Å²) in [7, 11) is 5.45. The van der Waals surface area contributed by atoms with Crippen molar-refractivity contribution >= 4 is 5.91 Å². The van der Waals surface area contributed by atoms with Crippen molar-refractivity contribution in [1.29, 1.82) is 0 Å². The van der Waals surface area contributed by atoms with E-state index in [1.165, 1.54) is 5.56 Å². The second-order valence-corrected chi connectivity index (χ2v) is 9.99. The highest BCUT2D eigenvalue weighted by atomic mass is 16.5. The summed E-state index contributed by atoms with van der Waals surface area (Å²) < 4.78 is 10.7. The van der Waals surface area contributed by atoms with Gasteiger partial charge in [0, 0.05) is 58.9 Å². The van der Waals surface area contributed by atoms with E-state index < -0.39 is 0 Å². The molecule has 2 saturated heterocycles. The lowest BCUT2D eigenvalue weighted by atomic mass is 9.87. The largest absolute Gasteiger partial charge is 0.493 e. The van der Waals surface area contributed by atoms with Gasteiger partial charge in [0.2, 0.25) is 5.91 Å². The summed E-state index contributed by atoms with van der Waals surface area (Å²) >= 11 is 0. The number of nitrogens with zero attached hydrogens (tertiary/aromatic N) is 3. The smallest absolute Gasteiger partial charge is 0.224 e. The summed E-state index contributed by atoms with van der Waals surface area (Å²) in [5, 5.41) is 3.19. The van der Waals surface area contributed by atoms with E-state index in [2.05, 4.69) is 57.4 Å². The minimum Gasteiger partial charge on any atom is -0.493 e. The highest BCUT2D eigenvalue weighted by Crippen LogP contribution is 2.28. The van der Waals surface area contributed by atoms with Gasteiger partial charge in [0.1, 0.15) is 0 Å². The van der Waals surface area contributed by atoms with Crippen molar-refractivity contribution in [3.8, 4) is 11.5 Å². The Bertz CT molecular complexity index is 946. The van der Waals surface area contributed by atoms with E-state index in [0.717, 1.165) is 64.3 Å². The number of carbonyl (C=O) groups excluding carboxylic acids is 1. The van der Waals surface area contributed by atoms with Crippen molar-refractivity contribution in [2.45, 2.75) is 19.5 Å². The molecule has 0 saturated carbocycles. The molecule has 2 fully saturated rings. The summed E-state index contributed by atoms with van der Waals surface area (Å²) in [5.74, 6) is 2.00. The fraction of sp³-hybridized carbons (Fsp3) is 0.536. The number of likely N-dealkylation sites (tertiary alicyclic amines) is 1. The Morgan fingerprint density at radius 3 is 2.37 bits per heavy atom. The molecule has 0 radical (unpaired) electrons. The molecular weight excluding hydrogens is 440 g/mol. The van der Waals surface area contributed by atoms with Gasteiger partial charge >= 0.3 is 0 Å². The van der Waals surface area contributed by atoms with E-state index in [4.69, 9.17) is 9.47 Å². The van der Waals surface area contributed by atoms with Gasteiger partial charge in [-0.15, -0.1) is 0 Å². The topological polar surface area (TPSA) is 57.3 Å². The number of methoxy groups -OCH3 is 2. The number of piperidine rings is 1. The third-order valence-electron chi connectivity index (χ3n) is 7.26. The molecule has 7 nitrogen and oxygen atoms in total. The van der Waals surface area contributed by atoms with Gasteiger partial charge in [0.25, 0.3) is 0 Å². The molecule has 0 spiro atoms. The minimum absolute atomic E-state index is 0.00919. The average Bonchev–Trinajstić information content (AvgIpc) is 2.89. The Kier molecular flexibility index (Phi) is 9.01.